The predicted octanol–water partition coefficient (Wildman–Crippen LogP) is 2.75. The van der Waals surface area contributed by atoms with Crippen LogP contribution in [-0.2, 0) is 16.2 Å². The molecule has 3 N–H and O–H groups in total. The molecular formula is C22H23ClF3N7O3S. The molecule has 3 aromatic rings. The lowest BCUT2D eigenvalue weighted by Gasteiger charge is -2.31. The molecule has 0 bridgehead atoms. The van der Waals surface area contributed by atoms with E-state index in [4.69, 9.17) is 5.73 Å². The van der Waals surface area contributed by atoms with Crippen LogP contribution in [0, 0.1) is 0 Å². The zero-order valence-corrected chi connectivity index (χ0v) is 21.1. The number of nitrogens with zero attached hydrogens (tertiary/aromatic N) is 5. The fourth-order valence-corrected chi connectivity index (χ4v) is 5.09. The van der Waals surface area contributed by atoms with Crippen LogP contribution in [0.25, 0.3) is 11.3 Å². The van der Waals surface area contributed by atoms with E-state index in [2.05, 4.69) is 20.3 Å². The van der Waals surface area contributed by atoms with Gasteiger partial charge in [-0.2, -0.15) is 17.5 Å². The van der Waals surface area contributed by atoms with Crippen LogP contribution in [0.1, 0.15) is 16.1 Å². The molecular weight excluding hydrogens is 535 g/mol. The number of piperazine rings is 1. The van der Waals surface area contributed by atoms with E-state index in [1.807, 2.05) is 11.9 Å². The van der Waals surface area contributed by atoms with Crippen LogP contribution >= 0.6 is 12.4 Å². The molecule has 1 aliphatic heterocycles. The highest BCUT2D eigenvalue weighted by Gasteiger charge is 2.37. The van der Waals surface area contributed by atoms with E-state index >= 15 is 0 Å². The Balaban J connectivity index is 0.00000380. The summed E-state index contributed by atoms with van der Waals surface area (Å²) in [5.41, 5.74) is 3.73. The minimum absolute atomic E-state index is 0. The number of carbonyl (C=O) groups is 1. The van der Waals surface area contributed by atoms with Gasteiger partial charge in [0.1, 0.15) is 0 Å². The summed E-state index contributed by atoms with van der Waals surface area (Å²) in [7, 11) is -2.32. The number of sulfonamides is 1. The van der Waals surface area contributed by atoms with Gasteiger partial charge in [-0.25, -0.2) is 18.4 Å². The van der Waals surface area contributed by atoms with Crippen molar-refractivity contribution < 1.29 is 26.4 Å². The number of pyridine rings is 1. The Morgan fingerprint density at radius 3 is 2.43 bits per heavy atom. The van der Waals surface area contributed by atoms with E-state index in [1.165, 1.54) is 12.4 Å². The molecule has 2 aromatic heterocycles. The molecule has 1 fully saturated rings. The summed E-state index contributed by atoms with van der Waals surface area (Å²) in [4.78, 5) is 25.8. The summed E-state index contributed by atoms with van der Waals surface area (Å²) in [6.07, 6.45) is -1.05. The number of carbonyl (C=O) groups excluding carboxylic acids is 1. The molecule has 4 rings (SSSR count). The molecule has 1 aromatic carbocycles. The highest BCUT2D eigenvalue weighted by atomic mass is 35.5. The number of nitrogen functional groups attached to an aromatic ring is 1. The highest BCUT2D eigenvalue weighted by molar-refractivity contribution is 7.89. The van der Waals surface area contributed by atoms with Crippen LogP contribution in [0.4, 0.5) is 24.7 Å². The molecule has 0 saturated carbocycles. The van der Waals surface area contributed by atoms with E-state index < -0.39 is 43.8 Å². The Bertz CT molecular complexity index is 1380. The van der Waals surface area contributed by atoms with Crippen LogP contribution in [0.15, 0.2) is 53.8 Å². The second kappa shape index (κ2) is 11.0. The maximum Gasteiger partial charge on any atom is 0.417 e. The molecule has 0 atom stereocenters. The monoisotopic (exact) mass is 557 g/mol. The van der Waals surface area contributed by atoms with Crippen molar-refractivity contribution in [3.05, 3.63) is 60.2 Å². The van der Waals surface area contributed by atoms with Crippen molar-refractivity contribution in [2.45, 2.75) is 11.1 Å². The van der Waals surface area contributed by atoms with Gasteiger partial charge in [-0.1, -0.05) is 6.07 Å². The third kappa shape index (κ3) is 6.15. The molecule has 0 radical (unpaired) electrons. The Kier molecular flexibility index (Phi) is 8.37. The number of rotatable bonds is 5. The Morgan fingerprint density at radius 1 is 1.11 bits per heavy atom. The van der Waals surface area contributed by atoms with Gasteiger partial charge in [-0.05, 0) is 31.3 Å². The zero-order valence-electron chi connectivity index (χ0n) is 19.4. The first-order valence-electron chi connectivity index (χ1n) is 10.7. The quantitative estimate of drug-likeness (QED) is 0.489. The Labute approximate surface area is 217 Å². The number of anilines is 2. The minimum atomic E-state index is -4.91. The van der Waals surface area contributed by atoms with Crippen molar-refractivity contribution in [2.24, 2.45) is 0 Å². The van der Waals surface area contributed by atoms with Crippen molar-refractivity contribution in [3.63, 3.8) is 0 Å². The lowest BCUT2D eigenvalue weighted by molar-refractivity contribution is -0.137. The number of hydrogen-bond donors (Lipinski definition) is 2. The molecule has 10 nitrogen and oxygen atoms in total. The molecule has 198 valence electrons. The molecule has 0 aliphatic carbocycles. The van der Waals surface area contributed by atoms with E-state index in [9.17, 15) is 26.4 Å². The first kappa shape index (κ1) is 28.2. The fraction of sp³-hybridized carbons (Fsp3) is 0.273. The SMILES string of the molecule is CN1CCN(S(=O)(=O)c2ccc(-c3cnc(N)c(C(=O)Nc4cccnc4)n3)c(C(F)(F)F)c2)CC1.Cl. The average Bonchev–Trinajstić information content (AvgIpc) is 2.84. The molecule has 1 saturated heterocycles. The summed E-state index contributed by atoms with van der Waals surface area (Å²) >= 11 is 0. The van der Waals surface area contributed by atoms with Gasteiger partial charge in [-0.15, -0.1) is 12.4 Å². The minimum Gasteiger partial charge on any atom is -0.382 e. The second-order valence-corrected chi connectivity index (χ2v) is 10.0. The van der Waals surface area contributed by atoms with Crippen molar-refractivity contribution in [1.82, 2.24) is 24.2 Å². The number of hydrogen-bond acceptors (Lipinski definition) is 8. The lowest BCUT2D eigenvalue weighted by atomic mass is 10.0. The van der Waals surface area contributed by atoms with E-state index in [-0.39, 0.29) is 37.0 Å². The Hall–Kier alpha value is -3.33. The average molecular weight is 558 g/mol. The molecule has 1 aliphatic rings. The maximum absolute atomic E-state index is 14.0. The molecule has 0 unspecified atom stereocenters. The predicted molar refractivity (Wildman–Crippen MR) is 133 cm³/mol. The lowest BCUT2D eigenvalue weighted by Crippen LogP contribution is -2.47. The summed E-state index contributed by atoms with van der Waals surface area (Å²) in [6.45, 7) is 1.27. The number of benzene rings is 1. The highest BCUT2D eigenvalue weighted by Crippen LogP contribution is 2.38. The Morgan fingerprint density at radius 2 is 1.81 bits per heavy atom. The van der Waals surface area contributed by atoms with Crippen molar-refractivity contribution >= 4 is 39.8 Å². The fourth-order valence-electron chi connectivity index (χ4n) is 3.64. The first-order chi connectivity index (χ1) is 17.0. The smallest absolute Gasteiger partial charge is 0.382 e. The van der Waals surface area contributed by atoms with Crippen LogP contribution in [0.5, 0.6) is 0 Å². The number of likely N-dealkylation sites (N-methyl/N-ethyl adjacent to an activating group) is 1. The largest absolute Gasteiger partial charge is 0.417 e. The first-order valence-corrected chi connectivity index (χ1v) is 12.1. The van der Waals surface area contributed by atoms with Gasteiger partial charge >= 0.3 is 6.18 Å². The number of alkyl halides is 3. The van der Waals surface area contributed by atoms with Gasteiger partial charge in [0.2, 0.25) is 10.0 Å². The van der Waals surface area contributed by atoms with Crippen LogP contribution in [0.2, 0.25) is 0 Å². The van der Waals surface area contributed by atoms with Crippen LogP contribution in [-0.4, -0.2) is 71.7 Å². The maximum atomic E-state index is 14.0. The normalized spacial score (nSPS) is 15.1. The zero-order chi connectivity index (χ0) is 26.1. The number of aromatic nitrogens is 3. The topological polar surface area (TPSA) is 134 Å². The summed E-state index contributed by atoms with van der Waals surface area (Å²) in [5.74, 6) is -1.08. The van der Waals surface area contributed by atoms with Crippen molar-refractivity contribution in [3.8, 4) is 11.3 Å². The van der Waals surface area contributed by atoms with Crippen molar-refractivity contribution in [2.75, 3.05) is 44.3 Å². The van der Waals surface area contributed by atoms with Gasteiger partial charge in [-0.3, -0.25) is 9.78 Å². The number of halogens is 4. The molecule has 3 heterocycles. The number of nitrogens with two attached hydrogens (primary N) is 1. The van der Waals surface area contributed by atoms with Gasteiger partial charge in [0.05, 0.1) is 34.2 Å². The van der Waals surface area contributed by atoms with E-state index in [0.29, 0.717) is 24.8 Å². The van der Waals surface area contributed by atoms with Gasteiger partial charge in [0.15, 0.2) is 11.5 Å². The third-order valence-electron chi connectivity index (χ3n) is 5.61. The molecule has 15 heteroatoms. The van der Waals surface area contributed by atoms with Gasteiger partial charge in [0, 0.05) is 37.9 Å². The van der Waals surface area contributed by atoms with Gasteiger partial charge in [0.25, 0.3) is 5.91 Å². The van der Waals surface area contributed by atoms with Crippen LogP contribution in [0.3, 0.4) is 0 Å². The number of nitrogens with one attached hydrogen (secondary N) is 1. The van der Waals surface area contributed by atoms with Crippen LogP contribution < -0.4 is 11.1 Å². The summed E-state index contributed by atoms with van der Waals surface area (Å²) in [6, 6.07) is 5.81. The van der Waals surface area contributed by atoms with Gasteiger partial charge < -0.3 is 16.0 Å². The second-order valence-electron chi connectivity index (χ2n) is 8.10. The summed E-state index contributed by atoms with van der Waals surface area (Å²) < 4.78 is 69.3. The third-order valence-corrected chi connectivity index (χ3v) is 7.50. The number of amides is 1. The van der Waals surface area contributed by atoms with E-state index in [0.717, 1.165) is 22.6 Å². The summed E-state index contributed by atoms with van der Waals surface area (Å²) in [5, 5.41) is 2.50. The molecule has 1 amide bonds. The van der Waals surface area contributed by atoms with E-state index in [1.54, 1.807) is 12.1 Å². The molecule has 0 spiro atoms. The standard InChI is InChI=1S/C22H22F3N7O3S.ClH/c1-31-7-9-32(10-8-31)36(34,35)15-4-5-16(17(11-15)22(23,24)25)18-13-28-20(26)19(30-18)21(33)29-14-3-2-6-27-12-14;/h2-6,11-13H,7-10H2,1H3,(H2,26,28)(H,29,33);1H. The van der Waals surface area contributed by atoms with Crippen molar-refractivity contribution in [1.29, 1.82) is 0 Å². The molecule has 37 heavy (non-hydrogen) atoms.